The lowest BCUT2D eigenvalue weighted by Gasteiger charge is -2.22. The number of aromatic nitrogens is 5. The fourth-order valence-electron chi connectivity index (χ4n) is 2.74. The van der Waals surface area contributed by atoms with Crippen molar-refractivity contribution < 1.29 is 4.42 Å². The summed E-state index contributed by atoms with van der Waals surface area (Å²) in [5, 5.41) is 16.2. The van der Waals surface area contributed by atoms with E-state index in [0.29, 0.717) is 24.4 Å². The van der Waals surface area contributed by atoms with E-state index in [1.165, 1.54) is 12.8 Å². The van der Waals surface area contributed by atoms with E-state index >= 15 is 0 Å². The second-order valence-corrected chi connectivity index (χ2v) is 5.90. The molecule has 0 amide bonds. The fourth-order valence-corrected chi connectivity index (χ4v) is 2.74. The maximum Gasteiger partial charge on any atom is 0.230 e. The highest BCUT2D eigenvalue weighted by Crippen LogP contribution is 2.38. The molecule has 1 N–H and O–H groups in total. The van der Waals surface area contributed by atoms with Crippen LogP contribution in [0, 0.1) is 0 Å². The van der Waals surface area contributed by atoms with Gasteiger partial charge in [-0.25, -0.2) is 9.67 Å². The van der Waals surface area contributed by atoms with Crippen molar-refractivity contribution in [3.8, 4) is 0 Å². The van der Waals surface area contributed by atoms with Crippen LogP contribution in [0.15, 0.2) is 4.42 Å². The van der Waals surface area contributed by atoms with E-state index in [4.69, 9.17) is 4.42 Å². The van der Waals surface area contributed by atoms with Gasteiger partial charge in [-0.3, -0.25) is 0 Å². The summed E-state index contributed by atoms with van der Waals surface area (Å²) in [4.78, 5) is 4.53. The third-order valence-corrected chi connectivity index (χ3v) is 4.17. The zero-order chi connectivity index (χ0) is 14.2. The Hall–Kier alpha value is -1.76. The first kappa shape index (κ1) is 12.9. The Morgan fingerprint density at radius 1 is 1.29 bits per heavy atom. The van der Waals surface area contributed by atoms with Crippen LogP contribution >= 0.6 is 0 Å². The zero-order valence-electron chi connectivity index (χ0n) is 12.2. The monoisotopic (exact) mass is 288 g/mol. The van der Waals surface area contributed by atoms with Crippen molar-refractivity contribution in [2.45, 2.75) is 64.1 Å². The van der Waals surface area contributed by atoms with Gasteiger partial charge in [0.2, 0.25) is 11.8 Å². The van der Waals surface area contributed by atoms with E-state index in [9.17, 15) is 0 Å². The number of aryl methyl sites for hydroxylation is 2. The van der Waals surface area contributed by atoms with Gasteiger partial charge in [0.1, 0.15) is 5.82 Å². The summed E-state index contributed by atoms with van der Waals surface area (Å²) in [6, 6.07) is 0.389. The molecule has 0 aromatic carbocycles. The highest BCUT2D eigenvalue weighted by atomic mass is 16.4. The molecule has 1 aliphatic heterocycles. The lowest BCUT2D eigenvalue weighted by molar-refractivity contribution is 0.337. The van der Waals surface area contributed by atoms with E-state index < -0.39 is 0 Å². The van der Waals surface area contributed by atoms with Crippen LogP contribution in [0.4, 0.5) is 0 Å². The molecule has 2 aromatic rings. The van der Waals surface area contributed by atoms with Crippen LogP contribution in [0.1, 0.15) is 55.5 Å². The van der Waals surface area contributed by atoms with Crippen LogP contribution < -0.4 is 5.32 Å². The Morgan fingerprint density at radius 3 is 3.00 bits per heavy atom. The second-order valence-electron chi connectivity index (χ2n) is 5.90. The van der Waals surface area contributed by atoms with Crippen molar-refractivity contribution in [1.29, 1.82) is 0 Å². The molecular formula is C14H20N6O. The molecule has 2 aliphatic rings. The summed E-state index contributed by atoms with van der Waals surface area (Å²) in [6.07, 6.45) is 5.32. The van der Waals surface area contributed by atoms with Gasteiger partial charge in [0.05, 0.1) is 13.1 Å². The second kappa shape index (κ2) is 5.22. The van der Waals surface area contributed by atoms with Gasteiger partial charge in [-0.2, -0.15) is 5.10 Å². The lowest BCUT2D eigenvalue weighted by atomic mass is 10.1. The molecule has 0 saturated heterocycles. The molecule has 0 bridgehead atoms. The molecule has 3 heterocycles. The van der Waals surface area contributed by atoms with Gasteiger partial charge in [0, 0.05) is 24.8 Å². The summed E-state index contributed by atoms with van der Waals surface area (Å²) >= 11 is 0. The highest BCUT2D eigenvalue weighted by molar-refractivity contribution is 5.01. The van der Waals surface area contributed by atoms with Gasteiger partial charge in [-0.05, 0) is 19.3 Å². The van der Waals surface area contributed by atoms with Crippen LogP contribution in [-0.2, 0) is 25.9 Å². The molecule has 1 aliphatic carbocycles. The Morgan fingerprint density at radius 2 is 2.19 bits per heavy atom. The van der Waals surface area contributed by atoms with Crippen molar-refractivity contribution in [3.05, 3.63) is 23.4 Å². The molecule has 1 atom stereocenters. The molecule has 112 valence electrons. The third-order valence-electron chi connectivity index (χ3n) is 4.17. The Kier molecular flexibility index (Phi) is 3.21. The number of hydrogen-bond donors (Lipinski definition) is 1. The van der Waals surface area contributed by atoms with E-state index in [1.54, 1.807) is 0 Å². The van der Waals surface area contributed by atoms with Gasteiger partial charge in [-0.1, -0.05) is 6.92 Å². The van der Waals surface area contributed by atoms with Gasteiger partial charge in [-0.15, -0.1) is 10.2 Å². The first-order chi connectivity index (χ1) is 10.3. The van der Waals surface area contributed by atoms with Gasteiger partial charge in [0.15, 0.2) is 5.82 Å². The topological polar surface area (TPSA) is 81.7 Å². The number of nitrogens with one attached hydrogen (secondary N) is 1. The number of rotatable bonds is 5. The summed E-state index contributed by atoms with van der Waals surface area (Å²) in [6.45, 7) is 3.59. The highest BCUT2D eigenvalue weighted by Gasteiger charge is 2.29. The summed E-state index contributed by atoms with van der Waals surface area (Å²) in [7, 11) is 0. The summed E-state index contributed by atoms with van der Waals surface area (Å²) in [5.74, 6) is 4.07. The van der Waals surface area contributed by atoms with Crippen molar-refractivity contribution in [3.63, 3.8) is 0 Å². The quantitative estimate of drug-likeness (QED) is 0.890. The van der Waals surface area contributed by atoms with Crippen molar-refractivity contribution >= 4 is 0 Å². The third kappa shape index (κ3) is 2.70. The normalized spacial score (nSPS) is 21.5. The van der Waals surface area contributed by atoms with Gasteiger partial charge < -0.3 is 9.73 Å². The van der Waals surface area contributed by atoms with Crippen LogP contribution in [0.25, 0.3) is 0 Å². The van der Waals surface area contributed by atoms with Crippen molar-refractivity contribution in [1.82, 2.24) is 30.3 Å². The predicted molar refractivity (Wildman–Crippen MR) is 74.6 cm³/mol. The molecule has 2 aromatic heterocycles. The molecule has 4 rings (SSSR count). The maximum absolute atomic E-state index is 5.67. The summed E-state index contributed by atoms with van der Waals surface area (Å²) in [5.41, 5.74) is 0. The molecule has 0 spiro atoms. The van der Waals surface area contributed by atoms with Crippen molar-refractivity contribution in [2.75, 3.05) is 0 Å². The molecule has 0 unspecified atom stereocenters. The van der Waals surface area contributed by atoms with E-state index in [1.807, 2.05) is 4.68 Å². The first-order valence-corrected chi connectivity index (χ1v) is 7.80. The Bertz CT molecular complexity index is 629. The summed E-state index contributed by atoms with van der Waals surface area (Å²) < 4.78 is 7.70. The van der Waals surface area contributed by atoms with Crippen LogP contribution in [-0.4, -0.2) is 31.0 Å². The van der Waals surface area contributed by atoms with E-state index in [0.717, 1.165) is 43.3 Å². The molecule has 21 heavy (non-hydrogen) atoms. The molecule has 1 fully saturated rings. The van der Waals surface area contributed by atoms with Crippen molar-refractivity contribution in [2.24, 2.45) is 0 Å². The minimum atomic E-state index is 0.389. The van der Waals surface area contributed by atoms with Crippen LogP contribution in [0.5, 0.6) is 0 Å². The minimum Gasteiger partial charge on any atom is -0.424 e. The Labute approximate surface area is 123 Å². The van der Waals surface area contributed by atoms with Gasteiger partial charge >= 0.3 is 0 Å². The fraction of sp³-hybridized carbons (Fsp3) is 0.714. The van der Waals surface area contributed by atoms with Gasteiger partial charge in [0.25, 0.3) is 0 Å². The largest absolute Gasteiger partial charge is 0.424 e. The molecule has 0 radical (unpaired) electrons. The molecule has 7 nitrogen and oxygen atoms in total. The van der Waals surface area contributed by atoms with Crippen LogP contribution in [0.2, 0.25) is 0 Å². The molecule has 7 heteroatoms. The molecular weight excluding hydrogens is 268 g/mol. The average Bonchev–Trinajstić information content (AvgIpc) is 3.11. The predicted octanol–water partition coefficient (Wildman–Crippen LogP) is 1.21. The van der Waals surface area contributed by atoms with E-state index in [-0.39, 0.29) is 0 Å². The SMILES string of the molecule is CCc1nc2n(n1)C[C@H](NCc1nnc(C3CC3)o1)CC2. The number of hydrogen-bond acceptors (Lipinski definition) is 6. The first-order valence-electron chi connectivity index (χ1n) is 7.80. The number of fused-ring (bicyclic) bond motifs is 1. The zero-order valence-corrected chi connectivity index (χ0v) is 12.2. The number of nitrogens with zero attached hydrogens (tertiary/aromatic N) is 5. The average molecular weight is 288 g/mol. The minimum absolute atomic E-state index is 0.389. The van der Waals surface area contributed by atoms with Crippen LogP contribution in [0.3, 0.4) is 0 Å². The smallest absolute Gasteiger partial charge is 0.230 e. The Balaban J connectivity index is 1.34. The standard InChI is InChI=1S/C14H20N6O/c1-2-11-16-12-6-5-10(8-20(12)19-11)15-7-13-17-18-14(21-13)9-3-4-9/h9-10,15H,2-8H2,1H3/t10-/m1/s1. The maximum atomic E-state index is 5.67. The lowest BCUT2D eigenvalue weighted by Crippen LogP contribution is -2.37. The van der Waals surface area contributed by atoms with E-state index in [2.05, 4.69) is 32.5 Å². The molecule has 1 saturated carbocycles.